The summed E-state index contributed by atoms with van der Waals surface area (Å²) in [6.07, 6.45) is 18.2. The van der Waals surface area contributed by atoms with Gasteiger partial charge in [-0.25, -0.2) is 9.59 Å². The van der Waals surface area contributed by atoms with Crippen LogP contribution in [0.5, 0.6) is 5.75 Å². The highest BCUT2D eigenvalue weighted by Crippen LogP contribution is 2.29. The van der Waals surface area contributed by atoms with Crippen LogP contribution >= 0.6 is 0 Å². The van der Waals surface area contributed by atoms with E-state index in [9.17, 15) is 14.7 Å². The molecule has 0 aliphatic rings. The Bertz CT molecular complexity index is 825. The van der Waals surface area contributed by atoms with E-state index in [4.69, 9.17) is 22.3 Å². The van der Waals surface area contributed by atoms with Crippen LogP contribution in [0.15, 0.2) is 12.1 Å². The number of alkyl carbamates (subject to hydrolysis) is 1. The average molecular weight is 470 g/mol. The first-order chi connectivity index (χ1) is 16.2. The number of hydrogen-bond acceptors (Lipinski definition) is 4. The standard InChI is InChI=1S/C28H39NO5/c1-6-8-10-12-13-16-22-20-23(26(30)31)21-25(33-19-14-11-9-7-2)24(22)17-15-18-29-27(32)34-28(3,4)5/h1-2,20-21H,8-19H2,3-5H3,(H,29,32)(H,30,31). The summed E-state index contributed by atoms with van der Waals surface area (Å²) in [4.78, 5) is 23.7. The Kier molecular flexibility index (Phi) is 13.3. The summed E-state index contributed by atoms with van der Waals surface area (Å²) in [6, 6.07) is 3.34. The molecule has 1 aromatic rings. The topological polar surface area (TPSA) is 84.9 Å². The number of carboxylic acid groups (broad SMARTS) is 1. The molecule has 0 heterocycles. The van der Waals surface area contributed by atoms with Crippen LogP contribution in [-0.2, 0) is 17.6 Å². The summed E-state index contributed by atoms with van der Waals surface area (Å²) < 4.78 is 11.3. The van der Waals surface area contributed by atoms with Crippen LogP contribution in [0.3, 0.4) is 0 Å². The largest absolute Gasteiger partial charge is 0.493 e. The molecule has 0 radical (unpaired) electrons. The Balaban J connectivity index is 2.95. The Morgan fingerprint density at radius 1 is 0.971 bits per heavy atom. The highest BCUT2D eigenvalue weighted by atomic mass is 16.6. The summed E-state index contributed by atoms with van der Waals surface area (Å²) in [7, 11) is 0. The highest BCUT2D eigenvalue weighted by Gasteiger charge is 2.17. The third-order valence-electron chi connectivity index (χ3n) is 5.06. The van der Waals surface area contributed by atoms with Crippen molar-refractivity contribution >= 4 is 12.1 Å². The van der Waals surface area contributed by atoms with Gasteiger partial charge in [-0.15, -0.1) is 24.7 Å². The summed E-state index contributed by atoms with van der Waals surface area (Å²) >= 11 is 0. The Morgan fingerprint density at radius 3 is 2.26 bits per heavy atom. The first kappa shape index (κ1) is 28.9. The lowest BCUT2D eigenvalue weighted by atomic mass is 9.94. The van der Waals surface area contributed by atoms with Gasteiger partial charge in [-0.05, 0) is 89.0 Å². The molecule has 6 nitrogen and oxygen atoms in total. The number of terminal acetylenes is 2. The number of hydrogen-bond donors (Lipinski definition) is 2. The molecule has 0 bridgehead atoms. The summed E-state index contributed by atoms with van der Waals surface area (Å²) in [5, 5.41) is 12.4. The number of rotatable bonds is 15. The molecule has 0 aromatic heterocycles. The van der Waals surface area contributed by atoms with Crippen LogP contribution in [0.1, 0.15) is 93.6 Å². The van der Waals surface area contributed by atoms with Crippen LogP contribution in [0.4, 0.5) is 4.79 Å². The zero-order valence-corrected chi connectivity index (χ0v) is 20.9. The van der Waals surface area contributed by atoms with E-state index in [1.807, 2.05) is 20.8 Å². The summed E-state index contributed by atoms with van der Waals surface area (Å²) in [5.41, 5.74) is 1.62. The summed E-state index contributed by atoms with van der Waals surface area (Å²) in [6.45, 7) is 6.37. The fourth-order valence-corrected chi connectivity index (χ4v) is 3.46. The van der Waals surface area contributed by atoms with E-state index in [0.717, 1.165) is 56.1 Å². The maximum absolute atomic E-state index is 11.9. The molecule has 186 valence electrons. The van der Waals surface area contributed by atoms with Crippen LogP contribution in [0, 0.1) is 24.7 Å². The van der Waals surface area contributed by atoms with E-state index < -0.39 is 17.7 Å². The highest BCUT2D eigenvalue weighted by molar-refractivity contribution is 5.88. The molecule has 2 N–H and O–H groups in total. The maximum atomic E-state index is 11.9. The van der Waals surface area contributed by atoms with Crippen LogP contribution < -0.4 is 10.1 Å². The minimum Gasteiger partial charge on any atom is -0.493 e. The molecule has 0 unspecified atom stereocenters. The van der Waals surface area contributed by atoms with Crippen molar-refractivity contribution in [2.45, 2.75) is 90.6 Å². The number of carbonyl (C=O) groups is 2. The molecular formula is C28H39NO5. The second kappa shape index (κ2) is 15.7. The lowest BCUT2D eigenvalue weighted by molar-refractivity contribution is 0.0526. The second-order valence-electron chi connectivity index (χ2n) is 9.22. The number of carboxylic acids is 1. The van der Waals surface area contributed by atoms with E-state index in [2.05, 4.69) is 17.2 Å². The van der Waals surface area contributed by atoms with Gasteiger partial charge in [-0.3, -0.25) is 0 Å². The van der Waals surface area contributed by atoms with Crippen LogP contribution in [0.25, 0.3) is 0 Å². The van der Waals surface area contributed by atoms with Crippen molar-refractivity contribution in [3.05, 3.63) is 28.8 Å². The number of nitrogens with one attached hydrogen (secondary N) is 1. The average Bonchev–Trinajstić information content (AvgIpc) is 2.75. The lowest BCUT2D eigenvalue weighted by Crippen LogP contribution is -2.33. The third kappa shape index (κ3) is 12.2. The van der Waals surface area contributed by atoms with E-state index in [1.165, 1.54) is 0 Å². The first-order valence-corrected chi connectivity index (χ1v) is 12.0. The molecule has 6 heteroatoms. The molecule has 0 aliphatic heterocycles. The molecule has 1 aromatic carbocycles. The predicted octanol–water partition coefficient (Wildman–Crippen LogP) is 5.76. The van der Waals surface area contributed by atoms with E-state index in [1.54, 1.807) is 12.1 Å². The van der Waals surface area contributed by atoms with Gasteiger partial charge in [0.1, 0.15) is 11.4 Å². The number of unbranched alkanes of at least 4 members (excludes halogenated alkanes) is 5. The van der Waals surface area contributed by atoms with Gasteiger partial charge in [0.05, 0.1) is 12.2 Å². The molecule has 0 spiro atoms. The van der Waals surface area contributed by atoms with Gasteiger partial charge in [0, 0.05) is 19.4 Å². The van der Waals surface area contributed by atoms with Gasteiger partial charge in [-0.1, -0.05) is 6.42 Å². The number of aryl methyl sites for hydroxylation is 1. The molecular weight excluding hydrogens is 430 g/mol. The molecule has 0 aliphatic carbocycles. The monoisotopic (exact) mass is 469 g/mol. The van der Waals surface area contributed by atoms with E-state index in [-0.39, 0.29) is 5.56 Å². The molecule has 0 atom stereocenters. The Labute approximate surface area is 204 Å². The normalized spacial score (nSPS) is 10.7. The maximum Gasteiger partial charge on any atom is 0.407 e. The first-order valence-electron chi connectivity index (χ1n) is 12.0. The van der Waals surface area contributed by atoms with Crippen molar-refractivity contribution in [3.63, 3.8) is 0 Å². The minimum absolute atomic E-state index is 0.216. The van der Waals surface area contributed by atoms with Gasteiger partial charge >= 0.3 is 12.1 Å². The van der Waals surface area contributed by atoms with Crippen molar-refractivity contribution < 1.29 is 24.2 Å². The number of benzene rings is 1. The second-order valence-corrected chi connectivity index (χ2v) is 9.22. The Hall–Kier alpha value is -3.12. The third-order valence-corrected chi connectivity index (χ3v) is 5.06. The Morgan fingerprint density at radius 2 is 1.65 bits per heavy atom. The number of carbonyl (C=O) groups excluding carboxylic acids is 1. The van der Waals surface area contributed by atoms with Gasteiger partial charge in [-0.2, -0.15) is 0 Å². The molecule has 0 fully saturated rings. The molecule has 0 saturated heterocycles. The minimum atomic E-state index is -0.982. The fraction of sp³-hybridized carbons (Fsp3) is 0.571. The van der Waals surface area contributed by atoms with Crippen molar-refractivity contribution in [1.29, 1.82) is 0 Å². The van der Waals surface area contributed by atoms with Crippen molar-refractivity contribution in [2.24, 2.45) is 0 Å². The quantitative estimate of drug-likeness (QED) is 0.252. The predicted molar refractivity (Wildman–Crippen MR) is 135 cm³/mol. The van der Waals surface area contributed by atoms with Crippen molar-refractivity contribution in [3.8, 4) is 30.4 Å². The number of amides is 1. The van der Waals surface area contributed by atoms with Gasteiger partial charge in [0.15, 0.2) is 0 Å². The zero-order valence-electron chi connectivity index (χ0n) is 20.9. The van der Waals surface area contributed by atoms with Crippen LogP contribution in [0.2, 0.25) is 0 Å². The van der Waals surface area contributed by atoms with Gasteiger partial charge in [0.2, 0.25) is 0 Å². The zero-order chi connectivity index (χ0) is 25.4. The van der Waals surface area contributed by atoms with Gasteiger partial charge in [0.25, 0.3) is 0 Å². The number of ether oxygens (including phenoxy) is 2. The number of aromatic carboxylic acids is 1. The van der Waals surface area contributed by atoms with E-state index >= 15 is 0 Å². The van der Waals surface area contributed by atoms with Crippen molar-refractivity contribution in [1.82, 2.24) is 5.32 Å². The molecule has 0 saturated carbocycles. The summed E-state index contributed by atoms with van der Waals surface area (Å²) in [5.74, 6) is 4.88. The van der Waals surface area contributed by atoms with Gasteiger partial charge < -0.3 is 19.9 Å². The molecule has 1 rings (SSSR count). The van der Waals surface area contributed by atoms with Crippen LogP contribution in [-0.4, -0.2) is 35.9 Å². The smallest absolute Gasteiger partial charge is 0.407 e. The molecule has 1 amide bonds. The lowest BCUT2D eigenvalue weighted by Gasteiger charge is -2.20. The van der Waals surface area contributed by atoms with E-state index in [0.29, 0.717) is 38.2 Å². The SMILES string of the molecule is C#CCCCCCc1cc(C(=O)O)cc(OCCCCC#C)c1CCCNC(=O)OC(C)(C)C. The molecule has 34 heavy (non-hydrogen) atoms. The fourth-order valence-electron chi connectivity index (χ4n) is 3.46. The van der Waals surface area contributed by atoms with Crippen molar-refractivity contribution in [2.75, 3.05) is 13.2 Å².